The molecule has 4 heteroatoms. The Morgan fingerprint density at radius 1 is 1.44 bits per heavy atom. The number of hydrogen-bond donors (Lipinski definition) is 1. The van der Waals surface area contributed by atoms with E-state index in [4.69, 9.17) is 0 Å². The Balaban J connectivity index is 1.77. The van der Waals surface area contributed by atoms with Crippen molar-refractivity contribution in [3.63, 3.8) is 0 Å². The van der Waals surface area contributed by atoms with Crippen LogP contribution in [0.15, 0.2) is 29.3 Å². The monoisotopic (exact) mass is 238 g/mol. The minimum absolute atomic E-state index is 0.165. The molecule has 0 aliphatic carbocycles. The Hall–Kier alpha value is -1.03. The lowest BCUT2D eigenvalue weighted by Crippen LogP contribution is -2.25. The van der Waals surface area contributed by atoms with Crippen LogP contribution in [-0.2, 0) is 6.42 Å². The van der Waals surface area contributed by atoms with E-state index < -0.39 is 0 Å². The van der Waals surface area contributed by atoms with Crippen molar-refractivity contribution in [3.8, 4) is 0 Å². The van der Waals surface area contributed by atoms with E-state index >= 15 is 0 Å². The minimum atomic E-state index is -0.165. The molecule has 0 saturated heterocycles. The molecule has 2 rings (SSSR count). The number of nitrogens with one attached hydrogen (secondary N) is 1. The molecule has 1 aliphatic heterocycles. The molecule has 1 aliphatic rings. The molecule has 1 aromatic carbocycles. The fourth-order valence-corrected chi connectivity index (χ4v) is 2.43. The Bertz CT molecular complexity index is 379. The third-order valence-corrected chi connectivity index (χ3v) is 3.42. The van der Waals surface area contributed by atoms with E-state index in [1.807, 2.05) is 6.07 Å². The van der Waals surface area contributed by atoms with E-state index in [-0.39, 0.29) is 5.82 Å². The number of hydrogen-bond acceptors (Lipinski definition) is 3. The van der Waals surface area contributed by atoms with Gasteiger partial charge in [-0.05, 0) is 30.5 Å². The van der Waals surface area contributed by atoms with Crippen LogP contribution in [0.5, 0.6) is 0 Å². The van der Waals surface area contributed by atoms with Crippen molar-refractivity contribution in [2.45, 2.75) is 12.8 Å². The first kappa shape index (κ1) is 11.5. The van der Waals surface area contributed by atoms with E-state index in [0.717, 1.165) is 36.0 Å². The Morgan fingerprint density at radius 3 is 3.12 bits per heavy atom. The number of aliphatic imine (C=N–C) groups is 1. The van der Waals surface area contributed by atoms with E-state index in [1.54, 1.807) is 23.9 Å². The van der Waals surface area contributed by atoms with Gasteiger partial charge in [-0.25, -0.2) is 4.39 Å². The van der Waals surface area contributed by atoms with Crippen LogP contribution < -0.4 is 5.32 Å². The molecule has 0 radical (unpaired) electrons. The molecule has 0 spiro atoms. The van der Waals surface area contributed by atoms with Gasteiger partial charge in [-0.3, -0.25) is 4.99 Å². The predicted molar refractivity (Wildman–Crippen MR) is 67.5 cm³/mol. The number of nitrogens with zero attached hydrogens (tertiary/aromatic N) is 1. The van der Waals surface area contributed by atoms with Gasteiger partial charge in [0.25, 0.3) is 0 Å². The average molecular weight is 238 g/mol. The van der Waals surface area contributed by atoms with Crippen LogP contribution in [0.4, 0.5) is 4.39 Å². The summed E-state index contributed by atoms with van der Waals surface area (Å²) in [4.78, 5) is 4.37. The number of amidine groups is 1. The summed E-state index contributed by atoms with van der Waals surface area (Å²) in [5, 5.41) is 4.31. The summed E-state index contributed by atoms with van der Waals surface area (Å²) in [5.41, 5.74) is 1.02. The first-order chi connectivity index (χ1) is 7.84. The van der Waals surface area contributed by atoms with Crippen LogP contribution in [0, 0.1) is 5.82 Å². The smallest absolute Gasteiger partial charge is 0.156 e. The summed E-state index contributed by atoms with van der Waals surface area (Å²) in [6.07, 6.45) is 2.00. The van der Waals surface area contributed by atoms with Gasteiger partial charge in [0.1, 0.15) is 5.82 Å². The Kier molecular flexibility index (Phi) is 4.22. The first-order valence-corrected chi connectivity index (χ1v) is 6.49. The van der Waals surface area contributed by atoms with E-state index in [2.05, 4.69) is 10.3 Å². The van der Waals surface area contributed by atoms with Crippen molar-refractivity contribution in [2.75, 3.05) is 18.8 Å². The van der Waals surface area contributed by atoms with Gasteiger partial charge in [-0.15, -0.1) is 0 Å². The van der Waals surface area contributed by atoms with Crippen LogP contribution in [-0.4, -0.2) is 24.0 Å². The van der Waals surface area contributed by atoms with Crippen molar-refractivity contribution in [2.24, 2.45) is 4.99 Å². The largest absolute Gasteiger partial charge is 0.365 e. The van der Waals surface area contributed by atoms with Gasteiger partial charge in [0.15, 0.2) is 5.17 Å². The molecule has 0 saturated carbocycles. The standard InChI is InChI=1S/C12H15FN2S/c13-11-4-1-3-10(9-11)5-7-15-12-14-6-2-8-16-12/h1,3-4,9H,2,5-8H2,(H,14,15). The van der Waals surface area contributed by atoms with Gasteiger partial charge in [0.2, 0.25) is 0 Å². The van der Waals surface area contributed by atoms with E-state index in [0.29, 0.717) is 0 Å². The lowest BCUT2D eigenvalue weighted by molar-refractivity contribution is 0.625. The Morgan fingerprint density at radius 2 is 2.38 bits per heavy atom. The molecule has 16 heavy (non-hydrogen) atoms. The normalized spacial score (nSPS) is 15.7. The van der Waals surface area contributed by atoms with Gasteiger partial charge in [0.05, 0.1) is 0 Å². The molecule has 86 valence electrons. The highest BCUT2D eigenvalue weighted by Crippen LogP contribution is 2.10. The van der Waals surface area contributed by atoms with Crippen molar-refractivity contribution in [1.29, 1.82) is 0 Å². The highest BCUT2D eigenvalue weighted by molar-refractivity contribution is 8.13. The van der Waals surface area contributed by atoms with Crippen molar-refractivity contribution in [1.82, 2.24) is 5.32 Å². The molecule has 2 nitrogen and oxygen atoms in total. The van der Waals surface area contributed by atoms with Crippen LogP contribution in [0.2, 0.25) is 0 Å². The summed E-state index contributed by atoms with van der Waals surface area (Å²) >= 11 is 1.77. The number of rotatable bonds is 3. The summed E-state index contributed by atoms with van der Waals surface area (Å²) in [7, 11) is 0. The van der Waals surface area contributed by atoms with Crippen molar-refractivity contribution < 1.29 is 4.39 Å². The van der Waals surface area contributed by atoms with Crippen molar-refractivity contribution >= 4 is 16.9 Å². The molecule has 1 aromatic rings. The zero-order chi connectivity index (χ0) is 11.2. The van der Waals surface area contributed by atoms with E-state index in [9.17, 15) is 4.39 Å². The fraction of sp³-hybridized carbons (Fsp3) is 0.417. The maximum atomic E-state index is 12.9. The molecule has 0 bridgehead atoms. The number of halogens is 1. The molecule has 1 heterocycles. The lowest BCUT2D eigenvalue weighted by Gasteiger charge is -2.13. The maximum absolute atomic E-state index is 12.9. The van der Waals surface area contributed by atoms with Gasteiger partial charge in [-0.1, -0.05) is 23.9 Å². The molecular weight excluding hydrogens is 223 g/mol. The van der Waals surface area contributed by atoms with E-state index in [1.165, 1.54) is 12.5 Å². The Labute approximate surface area is 99.3 Å². The molecule has 0 fully saturated rings. The SMILES string of the molecule is Fc1cccc(CCNC2=NCCCS2)c1. The van der Waals surface area contributed by atoms with Gasteiger partial charge in [-0.2, -0.15) is 0 Å². The van der Waals surface area contributed by atoms with Gasteiger partial charge >= 0.3 is 0 Å². The van der Waals surface area contributed by atoms with Crippen LogP contribution in [0.3, 0.4) is 0 Å². The molecule has 0 unspecified atom stereocenters. The first-order valence-electron chi connectivity index (χ1n) is 5.50. The molecule has 0 atom stereocenters. The summed E-state index contributed by atoms with van der Waals surface area (Å²) in [6, 6.07) is 6.74. The molecular formula is C12H15FN2S. The second kappa shape index (κ2) is 5.89. The zero-order valence-corrected chi connectivity index (χ0v) is 9.89. The second-order valence-corrected chi connectivity index (χ2v) is 4.78. The number of thioether (sulfide) groups is 1. The average Bonchev–Trinajstić information content (AvgIpc) is 2.30. The maximum Gasteiger partial charge on any atom is 0.156 e. The fourth-order valence-electron chi connectivity index (χ4n) is 1.57. The predicted octanol–water partition coefficient (Wildman–Crippen LogP) is 2.45. The van der Waals surface area contributed by atoms with Crippen LogP contribution in [0.1, 0.15) is 12.0 Å². The van der Waals surface area contributed by atoms with Gasteiger partial charge < -0.3 is 5.32 Å². The van der Waals surface area contributed by atoms with Crippen LogP contribution in [0.25, 0.3) is 0 Å². The third-order valence-electron chi connectivity index (χ3n) is 2.38. The summed E-state index contributed by atoms with van der Waals surface area (Å²) in [5.74, 6) is 0.980. The highest BCUT2D eigenvalue weighted by Gasteiger charge is 2.04. The molecule has 0 amide bonds. The van der Waals surface area contributed by atoms with Gasteiger partial charge in [0, 0.05) is 18.8 Å². The highest BCUT2D eigenvalue weighted by atomic mass is 32.2. The third kappa shape index (κ3) is 3.52. The van der Waals surface area contributed by atoms with Crippen molar-refractivity contribution in [3.05, 3.63) is 35.6 Å². The summed E-state index contributed by atoms with van der Waals surface area (Å²) in [6.45, 7) is 1.74. The molecule has 0 aromatic heterocycles. The van der Waals surface area contributed by atoms with Crippen LogP contribution >= 0.6 is 11.8 Å². The topological polar surface area (TPSA) is 24.4 Å². The lowest BCUT2D eigenvalue weighted by atomic mass is 10.1. The minimum Gasteiger partial charge on any atom is -0.365 e. The quantitative estimate of drug-likeness (QED) is 0.874. The second-order valence-electron chi connectivity index (χ2n) is 3.70. The zero-order valence-electron chi connectivity index (χ0n) is 9.08. The summed E-state index contributed by atoms with van der Waals surface area (Å²) < 4.78 is 12.9. The number of benzene rings is 1. The molecule has 1 N–H and O–H groups in total.